The lowest BCUT2D eigenvalue weighted by Crippen LogP contribution is -1.77. The summed E-state index contributed by atoms with van der Waals surface area (Å²) in [5.74, 6) is 0.533. The number of aromatic hydroxyl groups is 1. The molecule has 0 aliphatic carbocycles. The largest absolute Gasteiger partial charge is 0.507 e. The van der Waals surface area contributed by atoms with E-state index in [9.17, 15) is 5.11 Å². The van der Waals surface area contributed by atoms with Crippen LogP contribution in [0.5, 0.6) is 5.75 Å². The molecule has 0 atom stereocenters. The van der Waals surface area contributed by atoms with E-state index in [1.165, 1.54) is 0 Å². The third kappa shape index (κ3) is 1.74. The van der Waals surface area contributed by atoms with Crippen molar-refractivity contribution in [3.63, 3.8) is 0 Å². The molecule has 0 amide bonds. The van der Waals surface area contributed by atoms with Crippen LogP contribution in [0.1, 0.15) is 0 Å². The van der Waals surface area contributed by atoms with Crippen molar-refractivity contribution in [2.45, 2.75) is 0 Å². The van der Waals surface area contributed by atoms with E-state index in [1.54, 1.807) is 36.4 Å². The molecular formula is C13H8ClNO2. The van der Waals surface area contributed by atoms with E-state index in [1.807, 2.05) is 6.07 Å². The summed E-state index contributed by atoms with van der Waals surface area (Å²) in [6.45, 7) is 0. The Bertz CT molecular complexity index is 691. The van der Waals surface area contributed by atoms with Gasteiger partial charge >= 0.3 is 0 Å². The molecule has 0 spiro atoms. The maximum atomic E-state index is 9.72. The summed E-state index contributed by atoms with van der Waals surface area (Å²) >= 11 is 5.87. The Balaban J connectivity index is 2.22. The fraction of sp³-hybridized carbons (Fsp3) is 0. The number of halogens is 1. The number of phenolic OH excluding ortho intramolecular Hbond substituents is 1. The molecule has 0 saturated heterocycles. The molecule has 1 N–H and O–H groups in total. The van der Waals surface area contributed by atoms with Crippen molar-refractivity contribution in [1.82, 2.24) is 4.98 Å². The molecule has 1 aromatic heterocycles. The van der Waals surface area contributed by atoms with Gasteiger partial charge in [-0.1, -0.05) is 23.7 Å². The van der Waals surface area contributed by atoms with Crippen LogP contribution in [0.15, 0.2) is 46.9 Å². The lowest BCUT2D eigenvalue weighted by Gasteiger charge is -1.97. The number of rotatable bonds is 1. The molecule has 3 nitrogen and oxygen atoms in total. The number of oxazole rings is 1. The smallest absolute Gasteiger partial charge is 0.231 e. The van der Waals surface area contributed by atoms with E-state index in [-0.39, 0.29) is 5.75 Å². The fourth-order valence-corrected chi connectivity index (χ4v) is 1.83. The average molecular weight is 246 g/mol. The minimum absolute atomic E-state index is 0.144. The van der Waals surface area contributed by atoms with Gasteiger partial charge in [-0.15, -0.1) is 0 Å². The first kappa shape index (κ1) is 10.2. The monoisotopic (exact) mass is 245 g/mol. The molecule has 0 aliphatic rings. The molecule has 4 heteroatoms. The van der Waals surface area contributed by atoms with E-state index in [4.69, 9.17) is 16.0 Å². The van der Waals surface area contributed by atoms with E-state index >= 15 is 0 Å². The first-order valence-corrected chi connectivity index (χ1v) is 5.46. The third-order valence-corrected chi connectivity index (χ3v) is 2.72. The molecule has 0 aliphatic heterocycles. The molecule has 3 rings (SSSR count). The summed E-state index contributed by atoms with van der Waals surface area (Å²) in [6, 6.07) is 12.1. The number of phenols is 1. The van der Waals surface area contributed by atoms with Crippen molar-refractivity contribution in [2.24, 2.45) is 0 Å². The number of benzene rings is 2. The zero-order valence-corrected chi connectivity index (χ0v) is 9.48. The molecule has 0 radical (unpaired) electrons. The Labute approximate surface area is 102 Å². The number of hydrogen-bond acceptors (Lipinski definition) is 3. The van der Waals surface area contributed by atoms with Gasteiger partial charge in [0.15, 0.2) is 5.58 Å². The van der Waals surface area contributed by atoms with Gasteiger partial charge in [-0.05, 0) is 24.3 Å². The number of para-hydroxylation sites is 1. The van der Waals surface area contributed by atoms with Crippen molar-refractivity contribution < 1.29 is 9.52 Å². The van der Waals surface area contributed by atoms with Crippen LogP contribution in [0.3, 0.4) is 0 Å². The SMILES string of the molecule is Oc1ccccc1-c1nc2ccc(Cl)cc2o1. The summed E-state index contributed by atoms with van der Waals surface area (Å²) < 4.78 is 5.56. The predicted molar refractivity (Wildman–Crippen MR) is 66.1 cm³/mol. The van der Waals surface area contributed by atoms with E-state index in [0.717, 1.165) is 0 Å². The van der Waals surface area contributed by atoms with Gasteiger partial charge in [0.25, 0.3) is 0 Å². The lowest BCUT2D eigenvalue weighted by atomic mass is 10.2. The van der Waals surface area contributed by atoms with Gasteiger partial charge in [-0.3, -0.25) is 0 Å². The van der Waals surface area contributed by atoms with Crippen LogP contribution >= 0.6 is 11.6 Å². The Kier molecular flexibility index (Phi) is 2.27. The number of hydrogen-bond donors (Lipinski definition) is 1. The van der Waals surface area contributed by atoms with Crippen LogP contribution in [0.4, 0.5) is 0 Å². The van der Waals surface area contributed by atoms with Crippen molar-refractivity contribution in [3.8, 4) is 17.2 Å². The second kappa shape index (κ2) is 3.79. The third-order valence-electron chi connectivity index (χ3n) is 2.48. The maximum absolute atomic E-state index is 9.72. The topological polar surface area (TPSA) is 46.3 Å². The minimum atomic E-state index is 0.144. The van der Waals surface area contributed by atoms with Gasteiger partial charge in [-0.2, -0.15) is 0 Å². The molecule has 84 valence electrons. The van der Waals surface area contributed by atoms with Crippen molar-refractivity contribution >= 4 is 22.7 Å². The molecule has 0 bridgehead atoms. The van der Waals surface area contributed by atoms with Gasteiger partial charge < -0.3 is 9.52 Å². The Morgan fingerprint density at radius 2 is 1.94 bits per heavy atom. The highest BCUT2D eigenvalue weighted by molar-refractivity contribution is 6.31. The number of nitrogens with zero attached hydrogens (tertiary/aromatic N) is 1. The summed E-state index contributed by atoms with van der Waals surface area (Å²) in [4.78, 5) is 4.30. The average Bonchev–Trinajstić information content (AvgIpc) is 2.72. The fourth-order valence-electron chi connectivity index (χ4n) is 1.67. The van der Waals surface area contributed by atoms with E-state index < -0.39 is 0 Å². The second-order valence-electron chi connectivity index (χ2n) is 3.65. The normalized spacial score (nSPS) is 10.9. The quantitative estimate of drug-likeness (QED) is 0.708. The molecule has 0 unspecified atom stereocenters. The van der Waals surface area contributed by atoms with Crippen molar-refractivity contribution in [2.75, 3.05) is 0 Å². The van der Waals surface area contributed by atoms with Gasteiger partial charge in [0.05, 0.1) is 5.56 Å². The molecule has 0 saturated carbocycles. The summed E-state index contributed by atoms with van der Waals surface area (Å²) in [5.41, 5.74) is 1.89. The Hall–Kier alpha value is -2.00. The standard InChI is InChI=1S/C13H8ClNO2/c14-8-5-6-10-12(7-8)17-13(15-10)9-3-1-2-4-11(9)16/h1-7,16H. The zero-order valence-electron chi connectivity index (χ0n) is 8.72. The molecule has 3 aromatic rings. The summed E-state index contributed by atoms with van der Waals surface area (Å²) in [7, 11) is 0. The van der Waals surface area contributed by atoms with Crippen LogP contribution in [0, 0.1) is 0 Å². The lowest BCUT2D eigenvalue weighted by molar-refractivity contribution is 0.474. The first-order valence-electron chi connectivity index (χ1n) is 5.08. The first-order chi connectivity index (χ1) is 8.24. The zero-order chi connectivity index (χ0) is 11.8. The Morgan fingerprint density at radius 3 is 2.76 bits per heavy atom. The van der Waals surface area contributed by atoms with Gasteiger partial charge in [0.2, 0.25) is 5.89 Å². The van der Waals surface area contributed by atoms with Crippen molar-refractivity contribution in [1.29, 1.82) is 0 Å². The summed E-state index contributed by atoms with van der Waals surface area (Å²) in [5, 5.41) is 10.3. The Morgan fingerprint density at radius 1 is 1.12 bits per heavy atom. The van der Waals surface area contributed by atoms with Gasteiger partial charge in [0.1, 0.15) is 11.3 Å². The highest BCUT2D eigenvalue weighted by Gasteiger charge is 2.11. The van der Waals surface area contributed by atoms with Gasteiger partial charge in [-0.25, -0.2) is 4.98 Å². The summed E-state index contributed by atoms with van der Waals surface area (Å²) in [6.07, 6.45) is 0. The van der Waals surface area contributed by atoms with Crippen LogP contribution in [-0.4, -0.2) is 10.1 Å². The van der Waals surface area contributed by atoms with Crippen LogP contribution in [-0.2, 0) is 0 Å². The van der Waals surface area contributed by atoms with Crippen molar-refractivity contribution in [3.05, 3.63) is 47.5 Å². The van der Waals surface area contributed by atoms with E-state index in [0.29, 0.717) is 27.6 Å². The van der Waals surface area contributed by atoms with Gasteiger partial charge in [0, 0.05) is 11.1 Å². The van der Waals surface area contributed by atoms with Crippen LogP contribution in [0.25, 0.3) is 22.6 Å². The second-order valence-corrected chi connectivity index (χ2v) is 4.08. The molecule has 1 heterocycles. The molecular weight excluding hydrogens is 238 g/mol. The van der Waals surface area contributed by atoms with Crippen LogP contribution in [0.2, 0.25) is 5.02 Å². The molecule has 0 fully saturated rings. The number of aromatic nitrogens is 1. The number of fused-ring (bicyclic) bond motifs is 1. The highest BCUT2D eigenvalue weighted by atomic mass is 35.5. The van der Waals surface area contributed by atoms with E-state index in [2.05, 4.69) is 4.98 Å². The maximum Gasteiger partial charge on any atom is 0.231 e. The predicted octanol–water partition coefficient (Wildman–Crippen LogP) is 3.85. The molecule has 17 heavy (non-hydrogen) atoms. The van der Waals surface area contributed by atoms with Crippen LogP contribution < -0.4 is 0 Å². The highest BCUT2D eigenvalue weighted by Crippen LogP contribution is 2.31. The molecule has 2 aromatic carbocycles. The minimum Gasteiger partial charge on any atom is -0.507 e.